The van der Waals surface area contributed by atoms with Crippen LogP contribution in [0.2, 0.25) is 0 Å². The van der Waals surface area contributed by atoms with Gasteiger partial charge in [-0.15, -0.1) is 0 Å². The van der Waals surface area contributed by atoms with Crippen LogP contribution in [0.4, 0.5) is 0 Å². The highest BCUT2D eigenvalue weighted by molar-refractivity contribution is 6.07. The number of fused-ring (bicyclic) bond motifs is 2. The van der Waals surface area contributed by atoms with E-state index in [1.807, 2.05) is 27.7 Å². The van der Waals surface area contributed by atoms with Gasteiger partial charge in [0.25, 0.3) is 0 Å². The van der Waals surface area contributed by atoms with Gasteiger partial charge in [-0.3, -0.25) is 9.59 Å². The van der Waals surface area contributed by atoms with Crippen LogP contribution in [0.3, 0.4) is 0 Å². The zero-order valence-corrected chi connectivity index (χ0v) is 29.2. The Labute approximate surface area is 282 Å². The summed E-state index contributed by atoms with van der Waals surface area (Å²) in [5, 5.41) is 22.3. The fourth-order valence-corrected chi connectivity index (χ4v) is 11.2. The van der Waals surface area contributed by atoms with Crippen LogP contribution < -0.4 is 0 Å². The summed E-state index contributed by atoms with van der Waals surface area (Å²) in [6, 6.07) is 0. The SMILES string of the molecule is CCCCC[C@@H]1O[C@@H]2C3=C(C(=O)[C@@H]4O[C@@]45C[C@H](O)C(C)(C)O[C@@H]35)[C@H]1[C@H]1[C@H](CCCCC)OC=C3[C@@H]4OC(C)(C)[C@@H](O)C[C@@]45O[C@H]5C(=O)[C@@]312. The molecule has 264 valence electrons. The summed E-state index contributed by atoms with van der Waals surface area (Å²) in [4.78, 5) is 30.1. The number of hydrogen-bond donors (Lipinski definition) is 2. The second kappa shape index (κ2) is 10.2. The summed E-state index contributed by atoms with van der Waals surface area (Å²) in [5.41, 5.74) is -2.75. The molecule has 10 heteroatoms. The van der Waals surface area contributed by atoms with Crippen molar-refractivity contribution in [2.45, 2.75) is 183 Å². The van der Waals surface area contributed by atoms with E-state index >= 15 is 4.79 Å². The average Bonchev–Trinajstić information content (AvgIpc) is 3.95. The fraction of sp³-hybridized carbons (Fsp3) is 0.842. The number of carbonyl (C=O) groups excluding carboxylic acids is 2. The van der Waals surface area contributed by atoms with Crippen LogP contribution in [-0.2, 0) is 38.0 Å². The van der Waals surface area contributed by atoms with Crippen molar-refractivity contribution in [3.8, 4) is 0 Å². The molecule has 10 rings (SSSR count). The van der Waals surface area contributed by atoms with E-state index in [2.05, 4.69) is 13.8 Å². The maximum absolute atomic E-state index is 15.4. The van der Waals surface area contributed by atoms with E-state index in [9.17, 15) is 15.0 Å². The van der Waals surface area contributed by atoms with E-state index in [4.69, 9.17) is 28.4 Å². The predicted molar refractivity (Wildman–Crippen MR) is 171 cm³/mol. The van der Waals surface area contributed by atoms with Gasteiger partial charge in [0.2, 0.25) is 0 Å². The quantitative estimate of drug-likeness (QED) is 0.288. The summed E-state index contributed by atoms with van der Waals surface area (Å²) in [6.07, 6.45) is 4.29. The van der Waals surface area contributed by atoms with Crippen molar-refractivity contribution in [1.82, 2.24) is 0 Å². The number of Topliss-reactive ketones (excluding diaryl/α,β-unsaturated/α-hetero) is 2. The molecular weight excluding hydrogens is 616 g/mol. The van der Waals surface area contributed by atoms with E-state index < -0.39 is 76.5 Å². The first kappa shape index (κ1) is 32.3. The molecule has 0 unspecified atom stereocenters. The van der Waals surface area contributed by atoms with Crippen molar-refractivity contribution in [1.29, 1.82) is 0 Å². The minimum absolute atomic E-state index is 0.0488. The minimum Gasteiger partial charge on any atom is -0.498 e. The summed E-state index contributed by atoms with van der Waals surface area (Å²) >= 11 is 0. The topological polar surface area (TPSA) is 137 Å². The van der Waals surface area contributed by atoms with E-state index in [0.717, 1.165) is 56.9 Å². The van der Waals surface area contributed by atoms with Gasteiger partial charge in [0.15, 0.2) is 17.7 Å². The minimum atomic E-state index is -1.19. The number of rotatable bonds is 8. The summed E-state index contributed by atoms with van der Waals surface area (Å²) in [6.45, 7) is 11.9. The van der Waals surface area contributed by atoms with Crippen LogP contribution in [0.25, 0.3) is 0 Å². The van der Waals surface area contributed by atoms with Crippen LogP contribution in [0, 0.1) is 17.3 Å². The van der Waals surface area contributed by atoms with Crippen LogP contribution in [0.5, 0.6) is 0 Å². The molecule has 0 amide bonds. The van der Waals surface area contributed by atoms with Gasteiger partial charge in [-0.2, -0.15) is 0 Å². The summed E-state index contributed by atoms with van der Waals surface area (Å²) in [5.74, 6) is -0.863. The third-order valence-electron chi connectivity index (χ3n) is 13.9. The number of aliphatic hydroxyl groups is 2. The molecule has 48 heavy (non-hydrogen) atoms. The lowest BCUT2D eigenvalue weighted by atomic mass is 9.43. The van der Waals surface area contributed by atoms with Crippen molar-refractivity contribution in [2.75, 3.05) is 0 Å². The Morgan fingerprint density at radius 1 is 0.729 bits per heavy atom. The molecular formula is C38H52O10. The molecule has 14 atom stereocenters. The molecule has 7 aliphatic heterocycles. The Hall–Kier alpha value is -1.66. The Kier molecular flexibility index (Phi) is 6.88. The van der Waals surface area contributed by atoms with Gasteiger partial charge < -0.3 is 38.6 Å². The molecule has 0 aromatic carbocycles. The van der Waals surface area contributed by atoms with E-state index in [1.165, 1.54) is 0 Å². The van der Waals surface area contributed by atoms with Crippen molar-refractivity contribution in [3.05, 3.63) is 23.0 Å². The molecule has 0 aromatic heterocycles. The molecule has 10 nitrogen and oxygen atoms in total. The van der Waals surface area contributed by atoms with Gasteiger partial charge in [-0.1, -0.05) is 46.0 Å². The van der Waals surface area contributed by atoms with Crippen LogP contribution >= 0.6 is 0 Å². The van der Waals surface area contributed by atoms with Crippen LogP contribution in [0.1, 0.15) is 106 Å². The van der Waals surface area contributed by atoms with Crippen molar-refractivity contribution < 1.29 is 48.2 Å². The maximum Gasteiger partial charge on any atom is 0.191 e. The fourth-order valence-electron chi connectivity index (χ4n) is 11.2. The highest BCUT2D eigenvalue weighted by atomic mass is 16.7. The first-order valence-electron chi connectivity index (χ1n) is 18.7. The number of ether oxygens (including phenoxy) is 6. The monoisotopic (exact) mass is 668 g/mol. The van der Waals surface area contributed by atoms with Crippen molar-refractivity contribution >= 4 is 11.6 Å². The van der Waals surface area contributed by atoms with Gasteiger partial charge in [-0.25, -0.2) is 0 Å². The summed E-state index contributed by atoms with van der Waals surface area (Å²) < 4.78 is 40.3. The van der Waals surface area contributed by atoms with Gasteiger partial charge in [0.05, 0.1) is 47.3 Å². The maximum atomic E-state index is 15.4. The number of carbonyl (C=O) groups is 2. The highest BCUT2D eigenvalue weighted by Crippen LogP contribution is 2.73. The van der Waals surface area contributed by atoms with Crippen LogP contribution in [0.15, 0.2) is 23.0 Å². The molecule has 6 fully saturated rings. The lowest BCUT2D eigenvalue weighted by Crippen LogP contribution is -2.76. The lowest BCUT2D eigenvalue weighted by Gasteiger charge is -2.66. The number of epoxide rings is 2. The second-order valence-electron chi connectivity index (χ2n) is 17.4. The highest BCUT2D eigenvalue weighted by Gasteiger charge is 2.86. The van der Waals surface area contributed by atoms with Gasteiger partial charge >= 0.3 is 0 Å². The molecule has 5 saturated heterocycles. The van der Waals surface area contributed by atoms with Crippen molar-refractivity contribution in [2.24, 2.45) is 17.3 Å². The zero-order chi connectivity index (χ0) is 33.8. The number of aliphatic hydroxyl groups excluding tert-OH is 2. The standard InChI is InChI=1S/C38H52O10/c1-7-9-11-13-19-23-24-25(30-37(32(47-37)27(24)41)16-22(40)35(5,6)46-30)31(44-19)38-18(17-43-20(26(23)38)14-12-10-8-2)29-36(33(48-36)28(38)42)15-21(39)34(3,4)45-29/h17,19-23,26,29-33,39-40H,7-16H2,1-6H3/t19-,20-,21-,22-,23-,26+,29-,30-,31+,32-,33-,36+,37+,38+/m0/s1. The Morgan fingerprint density at radius 3 is 1.96 bits per heavy atom. The smallest absolute Gasteiger partial charge is 0.191 e. The van der Waals surface area contributed by atoms with Gasteiger partial charge in [0, 0.05) is 35.8 Å². The molecule has 10 aliphatic rings. The molecule has 0 radical (unpaired) electrons. The second-order valence-corrected chi connectivity index (χ2v) is 17.4. The van der Waals surface area contributed by atoms with Gasteiger partial charge in [-0.05, 0) is 52.5 Å². The zero-order valence-electron chi connectivity index (χ0n) is 29.2. The van der Waals surface area contributed by atoms with Gasteiger partial charge in [0.1, 0.15) is 35.6 Å². The third-order valence-corrected chi connectivity index (χ3v) is 13.9. The molecule has 2 bridgehead atoms. The molecule has 1 saturated carbocycles. The first-order valence-corrected chi connectivity index (χ1v) is 18.7. The molecule has 7 heterocycles. The number of ketones is 2. The van der Waals surface area contributed by atoms with E-state index in [0.29, 0.717) is 11.1 Å². The molecule has 0 aromatic rings. The molecule has 2 N–H and O–H groups in total. The molecule has 3 spiro atoms. The first-order chi connectivity index (χ1) is 22.8. The predicted octanol–water partition coefficient (Wildman–Crippen LogP) is 4.02. The molecule has 3 aliphatic carbocycles. The largest absolute Gasteiger partial charge is 0.498 e. The Morgan fingerprint density at radius 2 is 1.31 bits per heavy atom. The normalized spacial score (nSPS) is 51.2. The van der Waals surface area contributed by atoms with Crippen LogP contribution in [-0.4, -0.2) is 99.1 Å². The Balaban J connectivity index is 1.25. The summed E-state index contributed by atoms with van der Waals surface area (Å²) in [7, 11) is 0. The van der Waals surface area contributed by atoms with E-state index in [-0.39, 0.29) is 42.5 Å². The Bertz CT molecular complexity index is 1500. The average molecular weight is 669 g/mol. The van der Waals surface area contributed by atoms with Crippen molar-refractivity contribution in [3.63, 3.8) is 0 Å². The number of hydrogen-bond acceptors (Lipinski definition) is 10. The lowest BCUT2D eigenvalue weighted by molar-refractivity contribution is -0.246. The van der Waals surface area contributed by atoms with E-state index in [1.54, 1.807) is 6.26 Å². The number of unbranched alkanes of at least 4 members (excludes halogenated alkanes) is 4. The third kappa shape index (κ3) is 3.84.